The van der Waals surface area contributed by atoms with Crippen molar-refractivity contribution in [1.29, 1.82) is 0 Å². The van der Waals surface area contributed by atoms with Gasteiger partial charge < -0.3 is 0 Å². The summed E-state index contributed by atoms with van der Waals surface area (Å²) in [6.45, 7) is 14.0. The molecule has 0 saturated heterocycles. The average Bonchev–Trinajstić information content (AvgIpc) is 3.23. The van der Waals surface area contributed by atoms with Crippen LogP contribution in [0, 0.1) is 26.7 Å². The zero-order valence-electron chi connectivity index (χ0n) is 15.8. The van der Waals surface area contributed by atoms with Crippen molar-refractivity contribution in [2.24, 2.45) is 5.92 Å². The topological polar surface area (TPSA) is 3.24 Å². The second-order valence-electron chi connectivity index (χ2n) is 7.93. The van der Waals surface area contributed by atoms with Crippen molar-refractivity contribution in [2.45, 2.75) is 59.9 Å². The molecule has 1 aromatic rings. The molecule has 1 saturated carbocycles. The van der Waals surface area contributed by atoms with Crippen LogP contribution in [-0.2, 0) is 0 Å². The van der Waals surface area contributed by atoms with Gasteiger partial charge in [0.05, 0.1) is 12.7 Å². The van der Waals surface area contributed by atoms with E-state index in [4.69, 9.17) is 0 Å². The molecule has 1 aliphatic heterocycles. The maximum atomic E-state index is 2.59. The fourth-order valence-electron chi connectivity index (χ4n) is 4.66. The van der Waals surface area contributed by atoms with Crippen molar-refractivity contribution < 1.29 is 4.59 Å². The van der Waals surface area contributed by atoms with Gasteiger partial charge in [0.15, 0.2) is 0 Å². The largest absolute Gasteiger partial charge is 0.226 e. The number of hydrogen-bond acceptors (Lipinski definition) is 1. The molecular formula is C21H33N2+. The van der Waals surface area contributed by atoms with E-state index in [0.717, 1.165) is 10.5 Å². The van der Waals surface area contributed by atoms with Gasteiger partial charge in [-0.25, -0.2) is 9.60 Å². The van der Waals surface area contributed by atoms with Gasteiger partial charge in [-0.05, 0) is 58.1 Å². The van der Waals surface area contributed by atoms with Gasteiger partial charge in [0, 0.05) is 17.6 Å². The molecule has 2 heteroatoms. The minimum absolute atomic E-state index is 0.579. The highest BCUT2D eigenvalue weighted by Crippen LogP contribution is 2.42. The van der Waals surface area contributed by atoms with Crippen molar-refractivity contribution in [3.05, 3.63) is 40.5 Å². The fraction of sp³-hybridized carbons (Fsp3) is 0.619. The van der Waals surface area contributed by atoms with E-state index in [1.165, 1.54) is 60.3 Å². The maximum absolute atomic E-state index is 2.59. The first-order valence-electron chi connectivity index (χ1n) is 9.30. The normalized spacial score (nSPS) is 27.5. The molecule has 1 aromatic carbocycles. The lowest BCUT2D eigenvalue weighted by molar-refractivity contribution is -1.03. The highest BCUT2D eigenvalue weighted by atomic mass is 15.8. The summed E-state index contributed by atoms with van der Waals surface area (Å²) in [5, 5.41) is 2.59. The molecule has 2 unspecified atom stereocenters. The molecule has 1 heterocycles. The Bertz CT molecular complexity index is 604. The van der Waals surface area contributed by atoms with Crippen molar-refractivity contribution in [2.75, 3.05) is 20.1 Å². The van der Waals surface area contributed by atoms with Crippen LogP contribution < -0.4 is 0 Å². The van der Waals surface area contributed by atoms with Crippen LogP contribution in [0.4, 0.5) is 0 Å². The molecule has 0 spiro atoms. The zero-order valence-corrected chi connectivity index (χ0v) is 15.8. The monoisotopic (exact) mass is 313 g/mol. The summed E-state index contributed by atoms with van der Waals surface area (Å²) in [4.78, 5) is 0. The first-order valence-corrected chi connectivity index (χ1v) is 9.30. The van der Waals surface area contributed by atoms with E-state index in [9.17, 15) is 0 Å². The molecule has 2 nitrogen and oxygen atoms in total. The van der Waals surface area contributed by atoms with Crippen molar-refractivity contribution in [3.8, 4) is 0 Å². The molecule has 0 radical (unpaired) electrons. The van der Waals surface area contributed by atoms with E-state index in [2.05, 4.69) is 64.9 Å². The Balaban J connectivity index is 2.00. The second-order valence-corrected chi connectivity index (χ2v) is 7.93. The first kappa shape index (κ1) is 16.6. The van der Waals surface area contributed by atoms with Gasteiger partial charge in [0.2, 0.25) is 0 Å². The predicted octanol–water partition coefficient (Wildman–Crippen LogP) is 4.84. The quantitative estimate of drug-likeness (QED) is 0.703. The standard InChI is InChI=1S/C21H33N2/c1-7-10-23(14-19-8-9-19)18(5)13-20(22(23)6)21-16(3)11-15(2)12-17(21)4/h11-13,18-19H,7-10,14H2,1-6H3/q+1. The summed E-state index contributed by atoms with van der Waals surface area (Å²) in [5.74, 6) is 0.944. The van der Waals surface area contributed by atoms with Gasteiger partial charge >= 0.3 is 0 Å². The lowest BCUT2D eigenvalue weighted by Gasteiger charge is -2.45. The van der Waals surface area contributed by atoms with Crippen molar-refractivity contribution in [1.82, 2.24) is 5.01 Å². The molecule has 0 aromatic heterocycles. The summed E-state index contributed by atoms with van der Waals surface area (Å²) < 4.78 is 1.13. The van der Waals surface area contributed by atoms with Gasteiger partial charge in [-0.15, -0.1) is 0 Å². The van der Waals surface area contributed by atoms with Crippen LogP contribution in [0.2, 0.25) is 0 Å². The number of quaternary nitrogens is 1. The van der Waals surface area contributed by atoms with Gasteiger partial charge in [-0.1, -0.05) is 24.6 Å². The Kier molecular flexibility index (Phi) is 4.31. The highest BCUT2D eigenvalue weighted by Gasteiger charge is 2.47. The lowest BCUT2D eigenvalue weighted by atomic mass is 9.97. The third-order valence-corrected chi connectivity index (χ3v) is 5.92. The van der Waals surface area contributed by atoms with Gasteiger partial charge in [0.25, 0.3) is 0 Å². The van der Waals surface area contributed by atoms with Crippen molar-refractivity contribution >= 4 is 5.70 Å². The number of hydrogen-bond donors (Lipinski definition) is 0. The Labute approximate surface area is 142 Å². The van der Waals surface area contributed by atoms with Crippen LogP contribution in [-0.4, -0.2) is 35.8 Å². The van der Waals surface area contributed by atoms with Crippen LogP contribution in [0.25, 0.3) is 5.70 Å². The first-order chi connectivity index (χ1) is 10.9. The van der Waals surface area contributed by atoms with Crippen LogP contribution >= 0.6 is 0 Å². The van der Waals surface area contributed by atoms with E-state index >= 15 is 0 Å². The SMILES string of the molecule is CCC[N+]1(CC2CC2)C(C)C=C(c2c(C)cc(C)cc2C)N1C. The number of benzene rings is 1. The minimum Gasteiger partial charge on any atom is -0.226 e. The summed E-state index contributed by atoms with van der Waals surface area (Å²) in [7, 11) is 2.33. The predicted molar refractivity (Wildman–Crippen MR) is 98.9 cm³/mol. The Hall–Kier alpha value is -1.28. The fourth-order valence-corrected chi connectivity index (χ4v) is 4.66. The number of rotatable bonds is 5. The molecule has 2 atom stereocenters. The minimum atomic E-state index is 0.579. The van der Waals surface area contributed by atoms with Crippen LogP contribution in [0.5, 0.6) is 0 Å². The molecule has 126 valence electrons. The molecular weight excluding hydrogens is 280 g/mol. The Morgan fingerprint density at radius 3 is 2.26 bits per heavy atom. The molecule has 0 amide bonds. The number of nitrogens with zero attached hydrogens (tertiary/aromatic N) is 2. The van der Waals surface area contributed by atoms with E-state index in [1.54, 1.807) is 0 Å². The van der Waals surface area contributed by atoms with E-state index in [0.29, 0.717) is 6.04 Å². The summed E-state index contributed by atoms with van der Waals surface area (Å²) in [6.07, 6.45) is 6.64. The number of aryl methyl sites for hydroxylation is 3. The molecule has 3 rings (SSSR count). The molecule has 0 bridgehead atoms. The van der Waals surface area contributed by atoms with Gasteiger partial charge in [0.1, 0.15) is 19.1 Å². The Morgan fingerprint density at radius 1 is 1.13 bits per heavy atom. The van der Waals surface area contributed by atoms with E-state index in [1.807, 2.05) is 0 Å². The van der Waals surface area contributed by atoms with Crippen LogP contribution in [0.1, 0.15) is 55.4 Å². The van der Waals surface area contributed by atoms with Gasteiger partial charge in [-0.2, -0.15) is 0 Å². The smallest absolute Gasteiger partial charge is 0.130 e. The zero-order chi connectivity index (χ0) is 16.8. The summed E-state index contributed by atoms with van der Waals surface area (Å²) >= 11 is 0. The third kappa shape index (κ3) is 2.82. The highest BCUT2D eigenvalue weighted by molar-refractivity contribution is 5.70. The summed E-state index contributed by atoms with van der Waals surface area (Å²) in [6, 6.07) is 5.24. The molecule has 23 heavy (non-hydrogen) atoms. The average molecular weight is 314 g/mol. The van der Waals surface area contributed by atoms with Crippen molar-refractivity contribution in [3.63, 3.8) is 0 Å². The molecule has 2 aliphatic rings. The maximum Gasteiger partial charge on any atom is 0.130 e. The van der Waals surface area contributed by atoms with Gasteiger partial charge in [-0.3, -0.25) is 0 Å². The Morgan fingerprint density at radius 2 is 1.74 bits per heavy atom. The molecule has 1 fully saturated rings. The molecule has 1 aliphatic carbocycles. The van der Waals surface area contributed by atoms with Crippen LogP contribution in [0.15, 0.2) is 18.2 Å². The third-order valence-electron chi connectivity index (χ3n) is 5.92. The van der Waals surface area contributed by atoms with E-state index < -0.39 is 0 Å². The second kappa shape index (κ2) is 5.98. The summed E-state index contributed by atoms with van der Waals surface area (Å²) in [5.41, 5.74) is 7.09. The van der Waals surface area contributed by atoms with E-state index in [-0.39, 0.29) is 0 Å². The van der Waals surface area contributed by atoms with Crippen LogP contribution in [0.3, 0.4) is 0 Å². The lowest BCUT2D eigenvalue weighted by Crippen LogP contribution is -2.60. The molecule has 0 N–H and O–H groups in total.